The van der Waals surface area contributed by atoms with E-state index in [0.717, 1.165) is 29.8 Å². The molecule has 2 aromatic heterocycles. The number of pyridine rings is 2. The fraction of sp³-hybridized carbons (Fsp3) is 0.238. The molecule has 1 aliphatic rings. The maximum Gasteiger partial charge on any atom is 0.534 e. The van der Waals surface area contributed by atoms with Gasteiger partial charge in [0.05, 0.1) is 5.69 Å². The summed E-state index contributed by atoms with van der Waals surface area (Å²) in [6.45, 7) is 0.132. The highest BCUT2D eigenvalue weighted by Crippen LogP contribution is 2.37. The summed E-state index contributed by atoms with van der Waals surface area (Å²) in [4.78, 5) is 8.63. The van der Waals surface area contributed by atoms with Crippen molar-refractivity contribution in [2.24, 2.45) is 0 Å². The van der Waals surface area contributed by atoms with E-state index in [1.54, 1.807) is 30.5 Å². The van der Waals surface area contributed by atoms with Crippen LogP contribution in [0.1, 0.15) is 23.4 Å². The number of ether oxygens (including phenoxy) is 1. The number of alkyl halides is 3. The number of nitrogens with zero attached hydrogens (tertiary/aromatic N) is 2. The van der Waals surface area contributed by atoms with Gasteiger partial charge in [0.1, 0.15) is 18.2 Å². The summed E-state index contributed by atoms with van der Waals surface area (Å²) in [5.41, 5.74) is -2.81. The number of aromatic nitrogens is 2. The zero-order chi connectivity index (χ0) is 22.9. The molecular weight excluding hydrogens is 452 g/mol. The molecule has 0 saturated heterocycles. The molecule has 1 aromatic carbocycles. The van der Waals surface area contributed by atoms with Gasteiger partial charge in [-0.3, -0.25) is 4.98 Å². The number of benzene rings is 1. The summed E-state index contributed by atoms with van der Waals surface area (Å²) in [5.74, 6) is -1.49. The number of hydrogen-bond acceptors (Lipinski definition) is 6. The molecular formula is C21H16F4N2O4S. The average molecular weight is 468 g/mol. The van der Waals surface area contributed by atoms with E-state index in [2.05, 4.69) is 14.2 Å². The van der Waals surface area contributed by atoms with Gasteiger partial charge in [0.2, 0.25) is 5.88 Å². The Bertz CT molecular complexity index is 1250. The van der Waals surface area contributed by atoms with Crippen molar-refractivity contribution in [3.05, 3.63) is 71.4 Å². The highest BCUT2D eigenvalue weighted by atomic mass is 32.2. The highest BCUT2D eigenvalue weighted by molar-refractivity contribution is 7.88. The molecule has 6 nitrogen and oxygen atoms in total. The van der Waals surface area contributed by atoms with Gasteiger partial charge in [0, 0.05) is 24.0 Å². The first-order valence-electron chi connectivity index (χ1n) is 9.49. The first-order valence-corrected chi connectivity index (χ1v) is 10.9. The van der Waals surface area contributed by atoms with Crippen LogP contribution in [0.2, 0.25) is 0 Å². The van der Waals surface area contributed by atoms with Gasteiger partial charge in [-0.15, -0.1) is 0 Å². The Balaban J connectivity index is 1.70. The van der Waals surface area contributed by atoms with E-state index in [-0.39, 0.29) is 18.1 Å². The van der Waals surface area contributed by atoms with Gasteiger partial charge in [0.25, 0.3) is 0 Å². The summed E-state index contributed by atoms with van der Waals surface area (Å²) >= 11 is 0. The Hall–Kier alpha value is -3.21. The van der Waals surface area contributed by atoms with Crippen LogP contribution in [-0.4, -0.2) is 23.9 Å². The fourth-order valence-corrected chi connectivity index (χ4v) is 3.86. The van der Waals surface area contributed by atoms with Crippen molar-refractivity contribution >= 4 is 10.1 Å². The minimum absolute atomic E-state index is 0.132. The molecule has 1 aliphatic carbocycles. The monoisotopic (exact) mass is 468 g/mol. The van der Waals surface area contributed by atoms with E-state index in [1.165, 1.54) is 0 Å². The summed E-state index contributed by atoms with van der Waals surface area (Å²) < 4.78 is 84.7. The SMILES string of the molecule is O=S(=O)(Oc1cc(F)cc(-c2cc(OCc3ccccn3)nc3c2CCC3)c1)C(F)(F)F. The van der Waals surface area contributed by atoms with Crippen LogP contribution in [-0.2, 0) is 29.6 Å². The quantitative estimate of drug-likeness (QED) is 0.299. The van der Waals surface area contributed by atoms with Crippen molar-refractivity contribution in [2.45, 2.75) is 31.4 Å². The third-order valence-corrected chi connectivity index (χ3v) is 5.77. The van der Waals surface area contributed by atoms with Gasteiger partial charge < -0.3 is 8.92 Å². The summed E-state index contributed by atoms with van der Waals surface area (Å²) in [5, 5.41) is 0. The minimum Gasteiger partial charge on any atom is -0.471 e. The van der Waals surface area contributed by atoms with Crippen LogP contribution in [0.4, 0.5) is 17.6 Å². The van der Waals surface area contributed by atoms with Crippen LogP contribution in [0, 0.1) is 5.82 Å². The summed E-state index contributed by atoms with van der Waals surface area (Å²) in [6.07, 6.45) is 3.69. The average Bonchev–Trinajstić information content (AvgIpc) is 3.19. The van der Waals surface area contributed by atoms with Crippen LogP contribution in [0.15, 0.2) is 48.7 Å². The van der Waals surface area contributed by atoms with E-state index in [4.69, 9.17) is 4.74 Å². The number of fused-ring (bicyclic) bond motifs is 1. The van der Waals surface area contributed by atoms with Gasteiger partial charge in [0.15, 0.2) is 0 Å². The largest absolute Gasteiger partial charge is 0.534 e. The van der Waals surface area contributed by atoms with Crippen molar-refractivity contribution < 1.29 is 34.9 Å². The van der Waals surface area contributed by atoms with Crippen molar-refractivity contribution in [3.63, 3.8) is 0 Å². The zero-order valence-electron chi connectivity index (χ0n) is 16.4. The van der Waals surface area contributed by atoms with Gasteiger partial charge in [-0.2, -0.15) is 21.6 Å². The van der Waals surface area contributed by atoms with Gasteiger partial charge in [-0.25, -0.2) is 9.37 Å². The zero-order valence-corrected chi connectivity index (χ0v) is 17.2. The predicted molar refractivity (Wildman–Crippen MR) is 106 cm³/mol. The molecule has 0 aliphatic heterocycles. The highest BCUT2D eigenvalue weighted by Gasteiger charge is 2.48. The normalized spacial score (nSPS) is 13.6. The molecule has 4 rings (SSSR count). The lowest BCUT2D eigenvalue weighted by atomic mass is 9.99. The van der Waals surface area contributed by atoms with E-state index < -0.39 is 27.2 Å². The van der Waals surface area contributed by atoms with Gasteiger partial charge >= 0.3 is 15.6 Å². The Morgan fingerprint density at radius 2 is 1.88 bits per heavy atom. The minimum atomic E-state index is -5.94. The van der Waals surface area contributed by atoms with Gasteiger partial charge in [-0.05, 0) is 60.2 Å². The smallest absolute Gasteiger partial charge is 0.471 e. The molecule has 0 bridgehead atoms. The van der Waals surface area contributed by atoms with Crippen molar-refractivity contribution in [1.82, 2.24) is 9.97 Å². The first kappa shape index (κ1) is 22.0. The molecule has 0 unspecified atom stereocenters. The van der Waals surface area contributed by atoms with Crippen LogP contribution in [0.3, 0.4) is 0 Å². The Kier molecular flexibility index (Phi) is 5.76. The lowest BCUT2D eigenvalue weighted by molar-refractivity contribution is -0.0500. The lowest BCUT2D eigenvalue weighted by Gasteiger charge is -2.14. The lowest BCUT2D eigenvalue weighted by Crippen LogP contribution is -2.28. The second-order valence-corrected chi connectivity index (χ2v) is 8.59. The van der Waals surface area contributed by atoms with Gasteiger partial charge in [-0.1, -0.05) is 6.07 Å². The summed E-state index contributed by atoms with van der Waals surface area (Å²) in [7, 11) is -5.94. The molecule has 32 heavy (non-hydrogen) atoms. The number of aryl methyl sites for hydroxylation is 1. The molecule has 0 fully saturated rings. The van der Waals surface area contributed by atoms with Crippen LogP contribution in [0.5, 0.6) is 11.6 Å². The maximum absolute atomic E-state index is 14.2. The number of rotatable bonds is 6. The molecule has 0 atom stereocenters. The molecule has 0 radical (unpaired) electrons. The maximum atomic E-state index is 14.2. The van der Waals surface area contributed by atoms with E-state index in [0.29, 0.717) is 30.2 Å². The van der Waals surface area contributed by atoms with Crippen molar-refractivity contribution in [2.75, 3.05) is 0 Å². The number of hydrogen-bond donors (Lipinski definition) is 0. The molecule has 11 heteroatoms. The molecule has 0 saturated carbocycles. The Morgan fingerprint density at radius 3 is 2.59 bits per heavy atom. The second-order valence-electron chi connectivity index (χ2n) is 7.06. The van der Waals surface area contributed by atoms with E-state index in [1.807, 2.05) is 0 Å². The van der Waals surface area contributed by atoms with E-state index in [9.17, 15) is 26.0 Å². The molecule has 0 amide bonds. The van der Waals surface area contributed by atoms with Crippen molar-refractivity contribution in [1.29, 1.82) is 0 Å². The first-order chi connectivity index (χ1) is 15.1. The second kappa shape index (κ2) is 8.38. The fourth-order valence-electron chi connectivity index (χ4n) is 3.42. The Morgan fingerprint density at radius 1 is 1.06 bits per heavy atom. The van der Waals surface area contributed by atoms with Crippen LogP contribution >= 0.6 is 0 Å². The number of halogens is 4. The Labute approximate surface area is 181 Å². The summed E-state index contributed by atoms with van der Waals surface area (Å²) in [6, 6.07) is 9.59. The molecule has 0 N–H and O–H groups in total. The van der Waals surface area contributed by atoms with E-state index >= 15 is 0 Å². The predicted octanol–water partition coefficient (Wildman–Crippen LogP) is 4.58. The van der Waals surface area contributed by atoms with Crippen LogP contribution < -0.4 is 8.92 Å². The molecule has 0 spiro atoms. The molecule has 168 valence electrons. The third kappa shape index (κ3) is 4.67. The molecule has 2 heterocycles. The van der Waals surface area contributed by atoms with Crippen LogP contribution in [0.25, 0.3) is 11.1 Å². The van der Waals surface area contributed by atoms with Crippen molar-refractivity contribution in [3.8, 4) is 22.8 Å². The standard InChI is InChI=1S/C21H16F4N2O4S/c22-14-8-13(9-16(10-14)31-32(28,29)21(23,24)25)18-11-20(27-19-6-3-5-17(18)19)30-12-15-4-1-2-7-26-15/h1-2,4,7-11H,3,5-6,12H2. The third-order valence-electron chi connectivity index (χ3n) is 4.79. The topological polar surface area (TPSA) is 78.4 Å². The molecule has 3 aromatic rings.